The van der Waals surface area contributed by atoms with Gasteiger partial charge in [0, 0.05) is 6.54 Å². The second-order valence-electron chi connectivity index (χ2n) is 4.91. The lowest BCUT2D eigenvalue weighted by Gasteiger charge is -2.28. The standard InChI is InChI=1S/C12H23NO4S/c1-5-7-11(14)13-9-6-8-10(2)12(3,4)18(15,16)17/h5,7,10H,6,8-9H2,1-4H3,(H,13,14)(H,15,16,17). The minimum atomic E-state index is -4.06. The van der Waals surface area contributed by atoms with Gasteiger partial charge in [0.05, 0.1) is 4.75 Å². The fraction of sp³-hybridized carbons (Fsp3) is 0.750. The number of amides is 1. The molecule has 0 aliphatic carbocycles. The fourth-order valence-electron chi connectivity index (χ4n) is 1.43. The van der Waals surface area contributed by atoms with Crippen molar-refractivity contribution in [1.29, 1.82) is 0 Å². The first-order chi connectivity index (χ1) is 8.13. The zero-order valence-corrected chi connectivity index (χ0v) is 12.3. The van der Waals surface area contributed by atoms with Crippen LogP contribution in [0.2, 0.25) is 0 Å². The molecule has 0 radical (unpaired) electrons. The van der Waals surface area contributed by atoms with Gasteiger partial charge in [-0.25, -0.2) is 0 Å². The predicted molar refractivity (Wildman–Crippen MR) is 71.8 cm³/mol. The van der Waals surface area contributed by atoms with Crippen LogP contribution in [0.1, 0.15) is 40.5 Å². The Bertz CT molecular complexity index is 398. The number of carbonyl (C=O) groups is 1. The zero-order valence-electron chi connectivity index (χ0n) is 11.4. The number of allylic oxidation sites excluding steroid dienone is 1. The van der Waals surface area contributed by atoms with E-state index in [9.17, 15) is 13.2 Å². The first-order valence-corrected chi connectivity index (χ1v) is 7.44. The highest BCUT2D eigenvalue weighted by molar-refractivity contribution is 7.87. The lowest BCUT2D eigenvalue weighted by molar-refractivity contribution is -0.116. The van der Waals surface area contributed by atoms with Gasteiger partial charge in [0.1, 0.15) is 0 Å². The van der Waals surface area contributed by atoms with Crippen LogP contribution >= 0.6 is 0 Å². The van der Waals surface area contributed by atoms with Crippen molar-refractivity contribution in [2.24, 2.45) is 5.92 Å². The Kier molecular flexibility index (Phi) is 6.56. The summed E-state index contributed by atoms with van der Waals surface area (Å²) in [5, 5.41) is 2.69. The molecule has 0 aromatic heterocycles. The van der Waals surface area contributed by atoms with Gasteiger partial charge in [-0.15, -0.1) is 0 Å². The van der Waals surface area contributed by atoms with Gasteiger partial charge in [-0.05, 0) is 45.6 Å². The van der Waals surface area contributed by atoms with Crippen molar-refractivity contribution in [2.45, 2.75) is 45.3 Å². The van der Waals surface area contributed by atoms with Crippen molar-refractivity contribution in [3.8, 4) is 0 Å². The molecule has 1 atom stereocenters. The minimum absolute atomic E-state index is 0.154. The van der Waals surface area contributed by atoms with Gasteiger partial charge < -0.3 is 5.32 Å². The highest BCUT2D eigenvalue weighted by Gasteiger charge is 2.37. The van der Waals surface area contributed by atoms with Crippen molar-refractivity contribution < 1.29 is 17.8 Å². The van der Waals surface area contributed by atoms with E-state index in [0.717, 1.165) is 0 Å². The lowest BCUT2D eigenvalue weighted by Crippen LogP contribution is -2.38. The Morgan fingerprint density at radius 1 is 1.44 bits per heavy atom. The molecule has 0 saturated heterocycles. The Morgan fingerprint density at radius 3 is 2.44 bits per heavy atom. The monoisotopic (exact) mass is 277 g/mol. The molecule has 106 valence electrons. The van der Waals surface area contributed by atoms with Gasteiger partial charge in [-0.3, -0.25) is 9.35 Å². The van der Waals surface area contributed by atoms with Crippen LogP contribution in [0.3, 0.4) is 0 Å². The summed E-state index contributed by atoms with van der Waals surface area (Å²) in [6.45, 7) is 7.05. The molecule has 0 rings (SSSR count). The molecule has 0 aromatic carbocycles. The second-order valence-corrected chi connectivity index (χ2v) is 6.92. The van der Waals surface area contributed by atoms with Crippen molar-refractivity contribution in [3.63, 3.8) is 0 Å². The normalized spacial score (nSPS) is 14.7. The molecule has 0 aromatic rings. The summed E-state index contributed by atoms with van der Waals surface area (Å²) >= 11 is 0. The van der Waals surface area contributed by atoms with E-state index in [1.165, 1.54) is 19.9 Å². The van der Waals surface area contributed by atoms with Crippen LogP contribution in [-0.4, -0.2) is 30.2 Å². The van der Waals surface area contributed by atoms with Crippen LogP contribution in [0.4, 0.5) is 0 Å². The van der Waals surface area contributed by atoms with Gasteiger partial charge in [0.2, 0.25) is 5.91 Å². The van der Waals surface area contributed by atoms with Crippen LogP contribution in [0.15, 0.2) is 12.2 Å². The largest absolute Gasteiger partial charge is 0.353 e. The smallest absolute Gasteiger partial charge is 0.270 e. The Morgan fingerprint density at radius 2 is 2.00 bits per heavy atom. The van der Waals surface area contributed by atoms with Gasteiger partial charge in [0.15, 0.2) is 0 Å². The summed E-state index contributed by atoms with van der Waals surface area (Å²) in [6.07, 6.45) is 4.37. The van der Waals surface area contributed by atoms with E-state index >= 15 is 0 Å². The number of hydrogen-bond donors (Lipinski definition) is 2. The average Bonchev–Trinajstić information content (AvgIpc) is 2.22. The quantitative estimate of drug-likeness (QED) is 0.422. The summed E-state index contributed by atoms with van der Waals surface area (Å²) < 4.78 is 30.4. The highest BCUT2D eigenvalue weighted by Crippen LogP contribution is 2.28. The first kappa shape index (κ1) is 17.1. The topological polar surface area (TPSA) is 83.5 Å². The SMILES string of the molecule is CC=CC(=O)NCCCC(C)C(C)(C)S(=O)(=O)O. The third kappa shape index (κ3) is 5.18. The molecular formula is C12H23NO4S. The molecule has 0 aliphatic heterocycles. The number of rotatable bonds is 7. The molecule has 1 unspecified atom stereocenters. The van der Waals surface area contributed by atoms with Gasteiger partial charge in [-0.2, -0.15) is 8.42 Å². The maximum Gasteiger partial charge on any atom is 0.270 e. The van der Waals surface area contributed by atoms with Crippen molar-refractivity contribution >= 4 is 16.0 Å². The summed E-state index contributed by atoms with van der Waals surface area (Å²) in [5.74, 6) is -0.342. The molecule has 18 heavy (non-hydrogen) atoms. The van der Waals surface area contributed by atoms with Gasteiger partial charge in [0.25, 0.3) is 10.1 Å². The average molecular weight is 277 g/mol. The Hall–Kier alpha value is -0.880. The fourth-order valence-corrected chi connectivity index (χ4v) is 2.06. The van der Waals surface area contributed by atoms with Gasteiger partial charge >= 0.3 is 0 Å². The summed E-state index contributed by atoms with van der Waals surface area (Å²) in [7, 11) is -4.06. The zero-order chi connectivity index (χ0) is 14.4. The molecule has 5 nitrogen and oxygen atoms in total. The third-order valence-corrected chi connectivity index (χ3v) is 5.01. The molecule has 1 amide bonds. The molecule has 0 aliphatic rings. The van der Waals surface area contributed by atoms with Crippen molar-refractivity contribution in [3.05, 3.63) is 12.2 Å². The summed E-state index contributed by atoms with van der Waals surface area (Å²) in [5.41, 5.74) is 0. The molecule has 0 saturated carbocycles. The van der Waals surface area contributed by atoms with E-state index in [2.05, 4.69) is 5.32 Å². The Labute approximate surface area is 109 Å². The maximum absolute atomic E-state index is 11.2. The molecule has 6 heteroatoms. The van der Waals surface area contributed by atoms with Crippen LogP contribution in [0.5, 0.6) is 0 Å². The molecule has 0 spiro atoms. The number of hydrogen-bond acceptors (Lipinski definition) is 3. The number of carbonyl (C=O) groups excluding carboxylic acids is 1. The van der Waals surface area contributed by atoms with E-state index < -0.39 is 14.9 Å². The molecule has 0 bridgehead atoms. The predicted octanol–water partition coefficient (Wildman–Crippen LogP) is 1.76. The van der Waals surface area contributed by atoms with E-state index in [1.54, 1.807) is 19.9 Å². The first-order valence-electron chi connectivity index (χ1n) is 6.00. The summed E-state index contributed by atoms with van der Waals surface area (Å²) in [6, 6.07) is 0. The van der Waals surface area contributed by atoms with E-state index in [4.69, 9.17) is 4.55 Å². The number of nitrogens with one attached hydrogen (secondary N) is 1. The van der Waals surface area contributed by atoms with E-state index in [-0.39, 0.29) is 11.8 Å². The molecule has 0 fully saturated rings. The maximum atomic E-state index is 11.2. The molecule has 2 N–H and O–H groups in total. The van der Waals surface area contributed by atoms with Crippen LogP contribution < -0.4 is 5.32 Å². The molecule has 0 heterocycles. The summed E-state index contributed by atoms with van der Waals surface area (Å²) in [4.78, 5) is 11.1. The lowest BCUT2D eigenvalue weighted by atomic mass is 9.92. The van der Waals surface area contributed by atoms with Gasteiger partial charge in [-0.1, -0.05) is 13.0 Å². The molecular weight excluding hydrogens is 254 g/mol. The van der Waals surface area contributed by atoms with E-state index in [0.29, 0.717) is 19.4 Å². The second kappa shape index (κ2) is 6.89. The minimum Gasteiger partial charge on any atom is -0.353 e. The highest BCUT2D eigenvalue weighted by atomic mass is 32.2. The van der Waals surface area contributed by atoms with Crippen molar-refractivity contribution in [1.82, 2.24) is 5.32 Å². The van der Waals surface area contributed by atoms with Crippen molar-refractivity contribution in [2.75, 3.05) is 6.54 Å². The van der Waals surface area contributed by atoms with Crippen LogP contribution in [-0.2, 0) is 14.9 Å². The van der Waals surface area contributed by atoms with Crippen LogP contribution in [0.25, 0.3) is 0 Å². The Balaban J connectivity index is 4.13. The van der Waals surface area contributed by atoms with E-state index in [1.807, 2.05) is 0 Å². The third-order valence-electron chi connectivity index (χ3n) is 3.28. The van der Waals surface area contributed by atoms with Crippen LogP contribution in [0, 0.1) is 5.92 Å².